The van der Waals surface area contributed by atoms with Gasteiger partial charge in [-0.1, -0.05) is 60.7 Å². The van der Waals surface area contributed by atoms with E-state index in [0.29, 0.717) is 18.0 Å². The molecule has 8 heteroatoms. The van der Waals surface area contributed by atoms with Crippen LogP contribution in [0.1, 0.15) is 27.3 Å². The van der Waals surface area contributed by atoms with Gasteiger partial charge >= 0.3 is 0 Å². The minimum absolute atomic E-state index is 0.133. The number of rotatable bonds is 10. The summed E-state index contributed by atoms with van der Waals surface area (Å²) >= 11 is 0. The highest BCUT2D eigenvalue weighted by atomic mass is 16.5. The first-order valence-electron chi connectivity index (χ1n) is 11.4. The molecule has 3 N–H and O–H groups in total. The van der Waals surface area contributed by atoms with Gasteiger partial charge in [-0.15, -0.1) is 0 Å². The molecule has 4 aromatic rings. The number of para-hydroxylation sites is 1. The van der Waals surface area contributed by atoms with E-state index in [4.69, 9.17) is 10.5 Å². The largest absolute Gasteiger partial charge is 0.489 e. The fraction of sp³-hybridized carbons (Fsp3) is 0.143. The highest BCUT2D eigenvalue weighted by Crippen LogP contribution is 2.17. The lowest BCUT2D eigenvalue weighted by atomic mass is 10.0. The van der Waals surface area contributed by atoms with Crippen molar-refractivity contribution in [1.29, 1.82) is 0 Å². The average molecular weight is 483 g/mol. The predicted molar refractivity (Wildman–Crippen MR) is 135 cm³/mol. The number of Topliss-reactive ketones (excluding diaryl/α,β-unsaturated/α-hetero) is 1. The molecule has 1 atom stereocenters. The molecule has 1 unspecified atom stereocenters. The molecule has 1 heterocycles. The van der Waals surface area contributed by atoms with Crippen LogP contribution in [0, 0.1) is 6.92 Å². The number of ketones is 1. The van der Waals surface area contributed by atoms with Crippen molar-refractivity contribution in [1.82, 2.24) is 15.1 Å². The Morgan fingerprint density at radius 3 is 2.28 bits per heavy atom. The molecule has 0 aliphatic rings. The van der Waals surface area contributed by atoms with Gasteiger partial charge in [0.1, 0.15) is 24.1 Å². The summed E-state index contributed by atoms with van der Waals surface area (Å²) in [5.41, 5.74) is 8.42. The van der Waals surface area contributed by atoms with Gasteiger partial charge in [-0.2, -0.15) is 5.10 Å². The highest BCUT2D eigenvalue weighted by molar-refractivity contribution is 6.38. The van der Waals surface area contributed by atoms with E-state index in [1.54, 1.807) is 13.0 Å². The van der Waals surface area contributed by atoms with E-state index in [-0.39, 0.29) is 12.1 Å². The fourth-order valence-corrected chi connectivity index (χ4v) is 3.78. The van der Waals surface area contributed by atoms with Crippen molar-refractivity contribution in [3.8, 4) is 11.4 Å². The van der Waals surface area contributed by atoms with Crippen LogP contribution in [-0.2, 0) is 22.6 Å². The van der Waals surface area contributed by atoms with Crippen LogP contribution in [-0.4, -0.2) is 33.4 Å². The number of carbonyl (C=O) groups excluding carboxylic acids is 3. The van der Waals surface area contributed by atoms with Crippen LogP contribution >= 0.6 is 0 Å². The number of nitrogens with one attached hydrogen (secondary N) is 1. The quantitative estimate of drug-likeness (QED) is 0.337. The molecule has 0 spiro atoms. The van der Waals surface area contributed by atoms with Crippen LogP contribution in [0.15, 0.2) is 91.0 Å². The molecule has 0 bridgehead atoms. The Kier molecular flexibility index (Phi) is 7.55. The summed E-state index contributed by atoms with van der Waals surface area (Å²) in [4.78, 5) is 37.4. The topological polar surface area (TPSA) is 116 Å². The Morgan fingerprint density at radius 1 is 0.917 bits per heavy atom. The molecule has 0 saturated carbocycles. The molecule has 182 valence electrons. The third kappa shape index (κ3) is 6.04. The van der Waals surface area contributed by atoms with Gasteiger partial charge in [0, 0.05) is 6.42 Å². The van der Waals surface area contributed by atoms with E-state index in [9.17, 15) is 14.4 Å². The third-order valence-corrected chi connectivity index (χ3v) is 5.52. The molecule has 1 aromatic heterocycles. The summed E-state index contributed by atoms with van der Waals surface area (Å²) in [7, 11) is 0. The smallest absolute Gasteiger partial charge is 0.287 e. The van der Waals surface area contributed by atoms with Crippen molar-refractivity contribution in [2.24, 2.45) is 5.73 Å². The number of hydrogen-bond donors (Lipinski definition) is 2. The molecule has 36 heavy (non-hydrogen) atoms. The van der Waals surface area contributed by atoms with Crippen molar-refractivity contribution < 1.29 is 19.1 Å². The zero-order chi connectivity index (χ0) is 25.5. The van der Waals surface area contributed by atoms with Crippen LogP contribution in [0.25, 0.3) is 5.69 Å². The van der Waals surface area contributed by atoms with Crippen LogP contribution < -0.4 is 15.8 Å². The van der Waals surface area contributed by atoms with Gasteiger partial charge in [-0.3, -0.25) is 14.4 Å². The van der Waals surface area contributed by atoms with Crippen molar-refractivity contribution in [3.05, 3.63) is 114 Å². The maximum absolute atomic E-state index is 13.3. The number of aromatic nitrogens is 2. The van der Waals surface area contributed by atoms with Gasteiger partial charge in [0.2, 0.25) is 5.78 Å². The zero-order valence-corrected chi connectivity index (χ0v) is 19.8. The predicted octanol–water partition coefficient (Wildman–Crippen LogP) is 3.16. The van der Waals surface area contributed by atoms with E-state index in [1.807, 2.05) is 84.9 Å². The Balaban J connectivity index is 1.56. The molecule has 8 nitrogen and oxygen atoms in total. The maximum Gasteiger partial charge on any atom is 0.287 e. The minimum Gasteiger partial charge on any atom is -0.489 e. The van der Waals surface area contributed by atoms with E-state index >= 15 is 0 Å². The monoisotopic (exact) mass is 482 g/mol. The molecule has 3 aromatic carbocycles. The van der Waals surface area contributed by atoms with Crippen LogP contribution in [0.4, 0.5) is 0 Å². The number of amides is 2. The first-order valence-corrected chi connectivity index (χ1v) is 11.4. The zero-order valence-electron chi connectivity index (χ0n) is 19.8. The van der Waals surface area contributed by atoms with Crippen LogP contribution in [0.5, 0.6) is 5.75 Å². The van der Waals surface area contributed by atoms with Gasteiger partial charge in [-0.25, -0.2) is 4.68 Å². The second-order valence-corrected chi connectivity index (χ2v) is 8.30. The Labute approximate surface area is 208 Å². The molecule has 0 saturated heterocycles. The first-order chi connectivity index (χ1) is 17.4. The minimum atomic E-state index is -1.10. The molecule has 4 rings (SSSR count). The number of carbonyl (C=O) groups is 3. The number of benzene rings is 3. The summed E-state index contributed by atoms with van der Waals surface area (Å²) < 4.78 is 7.34. The average Bonchev–Trinajstić information content (AvgIpc) is 3.30. The number of nitrogens with zero attached hydrogens (tertiary/aromatic N) is 2. The molecule has 0 aliphatic heterocycles. The van der Waals surface area contributed by atoms with Crippen molar-refractivity contribution >= 4 is 17.6 Å². The van der Waals surface area contributed by atoms with E-state index in [2.05, 4.69) is 10.4 Å². The summed E-state index contributed by atoms with van der Waals surface area (Å²) in [5, 5.41) is 7.14. The van der Waals surface area contributed by atoms with Crippen molar-refractivity contribution in [3.63, 3.8) is 0 Å². The summed E-state index contributed by atoms with van der Waals surface area (Å²) in [6.07, 6.45) is 0.133. The normalized spacial score (nSPS) is 11.5. The van der Waals surface area contributed by atoms with Crippen LogP contribution in [0.3, 0.4) is 0 Å². The maximum atomic E-state index is 13.3. The lowest BCUT2D eigenvalue weighted by molar-refractivity contribution is -0.137. The standard InChI is InChI=1S/C28H26N4O4/c1-19-15-25(28(35)30-24(26(33)27(29)34)17-20-9-4-2-5-10-20)32(31-19)22-12-8-11-21(16-22)18-36-23-13-6-3-7-14-23/h2-16,24H,17-18H2,1H3,(H2,29,34)(H,30,35). The molecule has 0 radical (unpaired) electrons. The number of ether oxygens (including phenoxy) is 1. The second kappa shape index (κ2) is 11.1. The number of aryl methyl sites for hydroxylation is 1. The second-order valence-electron chi connectivity index (χ2n) is 8.30. The van der Waals surface area contributed by atoms with E-state index in [0.717, 1.165) is 16.9 Å². The highest BCUT2D eigenvalue weighted by Gasteiger charge is 2.27. The number of hydrogen-bond acceptors (Lipinski definition) is 5. The SMILES string of the molecule is Cc1cc(C(=O)NC(Cc2ccccc2)C(=O)C(N)=O)n(-c2cccc(COc3ccccc3)c2)n1. The van der Waals surface area contributed by atoms with Gasteiger partial charge in [0.25, 0.3) is 11.8 Å². The summed E-state index contributed by atoms with van der Waals surface area (Å²) in [6.45, 7) is 2.11. The summed E-state index contributed by atoms with van der Waals surface area (Å²) in [6, 6.07) is 26.6. The molecule has 2 amide bonds. The summed E-state index contributed by atoms with van der Waals surface area (Å²) in [5.74, 6) is -1.76. The Bertz CT molecular complexity index is 1370. The van der Waals surface area contributed by atoms with Crippen molar-refractivity contribution in [2.45, 2.75) is 26.0 Å². The molecular weight excluding hydrogens is 456 g/mol. The third-order valence-electron chi connectivity index (χ3n) is 5.52. The first kappa shape index (κ1) is 24.4. The van der Waals surface area contributed by atoms with Gasteiger partial charge in [0.15, 0.2) is 0 Å². The Morgan fingerprint density at radius 2 is 1.58 bits per heavy atom. The van der Waals surface area contributed by atoms with E-state index in [1.165, 1.54) is 4.68 Å². The molecule has 0 fully saturated rings. The van der Waals surface area contributed by atoms with Gasteiger partial charge < -0.3 is 15.8 Å². The lowest BCUT2D eigenvalue weighted by Crippen LogP contribution is -2.47. The van der Waals surface area contributed by atoms with Gasteiger partial charge in [0.05, 0.1) is 11.4 Å². The van der Waals surface area contributed by atoms with E-state index < -0.39 is 23.6 Å². The molecule has 0 aliphatic carbocycles. The van der Waals surface area contributed by atoms with Crippen molar-refractivity contribution in [2.75, 3.05) is 0 Å². The van der Waals surface area contributed by atoms with Crippen LogP contribution in [0.2, 0.25) is 0 Å². The number of nitrogens with two attached hydrogens (primary N) is 1. The Hall–Kier alpha value is -4.72. The number of primary amides is 1. The van der Waals surface area contributed by atoms with Gasteiger partial charge in [-0.05, 0) is 48.4 Å². The lowest BCUT2D eigenvalue weighted by Gasteiger charge is -2.17. The fourth-order valence-electron chi connectivity index (χ4n) is 3.78. The molecular formula is C28H26N4O4.